The van der Waals surface area contributed by atoms with E-state index in [2.05, 4.69) is 21.5 Å². The van der Waals surface area contributed by atoms with Crippen LogP contribution in [0.3, 0.4) is 0 Å². The van der Waals surface area contributed by atoms with E-state index in [4.69, 9.17) is 0 Å². The number of amides is 1. The molecule has 6 rings (SSSR count). The number of aromatic nitrogens is 4. The van der Waals surface area contributed by atoms with Crippen LogP contribution in [-0.2, 0) is 13.1 Å². The summed E-state index contributed by atoms with van der Waals surface area (Å²) in [5.74, 6) is 0.231. The van der Waals surface area contributed by atoms with E-state index in [1.165, 1.54) is 4.68 Å². The van der Waals surface area contributed by atoms with Crippen molar-refractivity contribution in [3.63, 3.8) is 0 Å². The summed E-state index contributed by atoms with van der Waals surface area (Å²) < 4.78 is 3.47. The van der Waals surface area contributed by atoms with Crippen molar-refractivity contribution >= 4 is 22.9 Å². The molecule has 166 valence electrons. The van der Waals surface area contributed by atoms with Crippen LogP contribution >= 0.6 is 0 Å². The van der Waals surface area contributed by atoms with Gasteiger partial charge in [-0.15, -0.1) is 0 Å². The molecule has 1 aliphatic rings. The third-order valence-corrected chi connectivity index (χ3v) is 6.12. The van der Waals surface area contributed by atoms with Gasteiger partial charge in [0.2, 0.25) is 5.95 Å². The van der Waals surface area contributed by atoms with E-state index < -0.39 is 0 Å². The maximum absolute atomic E-state index is 13.2. The van der Waals surface area contributed by atoms with Crippen LogP contribution in [0, 0.1) is 6.92 Å². The first kappa shape index (κ1) is 20.1. The SMILES string of the molecule is Cc1cc2nn(c1=O)Cc1cccc(c1)C(=O)Nc1nc3ccccc3n1Cc1cccc-2c1. The van der Waals surface area contributed by atoms with Gasteiger partial charge in [-0.1, -0.05) is 42.5 Å². The van der Waals surface area contributed by atoms with Gasteiger partial charge >= 0.3 is 0 Å². The van der Waals surface area contributed by atoms with Gasteiger partial charge in [-0.2, -0.15) is 5.10 Å². The second kappa shape index (κ2) is 7.81. The number of benzene rings is 3. The number of para-hydroxylation sites is 2. The molecule has 1 N–H and O–H groups in total. The highest BCUT2D eigenvalue weighted by atomic mass is 16.2. The molecule has 1 amide bonds. The van der Waals surface area contributed by atoms with Crippen molar-refractivity contribution in [1.29, 1.82) is 0 Å². The largest absolute Gasteiger partial charge is 0.305 e. The van der Waals surface area contributed by atoms with Gasteiger partial charge in [0.05, 0.1) is 29.8 Å². The number of hydrogen-bond acceptors (Lipinski definition) is 4. The molecule has 0 spiro atoms. The number of carbonyl (C=O) groups excluding carboxylic acids is 1. The van der Waals surface area contributed by atoms with Crippen LogP contribution in [-0.4, -0.2) is 25.2 Å². The first-order valence-corrected chi connectivity index (χ1v) is 11.1. The molecular formula is C27H21N5O2. The highest BCUT2D eigenvalue weighted by molar-refractivity contribution is 6.04. The van der Waals surface area contributed by atoms with Crippen LogP contribution in [0.4, 0.5) is 5.95 Å². The summed E-state index contributed by atoms with van der Waals surface area (Å²) in [7, 11) is 0. The van der Waals surface area contributed by atoms with Crippen molar-refractivity contribution in [1.82, 2.24) is 19.3 Å². The molecule has 7 heteroatoms. The van der Waals surface area contributed by atoms with Gasteiger partial charge in [-0.05, 0) is 54.4 Å². The Morgan fingerprint density at radius 2 is 1.56 bits per heavy atom. The average molecular weight is 447 g/mol. The van der Waals surface area contributed by atoms with Gasteiger partial charge in [-0.25, -0.2) is 9.67 Å². The number of aryl methyl sites for hydroxylation is 1. The van der Waals surface area contributed by atoms with Crippen molar-refractivity contribution in [2.24, 2.45) is 0 Å². The zero-order valence-corrected chi connectivity index (χ0v) is 18.5. The standard InChI is InChI=1S/C27H21N5O2/c1-17-12-23-20-8-4-6-18(13-20)15-31-24-11-3-2-10-22(24)28-27(31)29-25(33)21-9-5-7-19(14-21)16-32(30-23)26(17)34/h2-14H,15-16H2,1H3,(H,28,29,33). The first-order chi connectivity index (χ1) is 16.5. The molecule has 0 atom stereocenters. The Balaban J connectivity index is 1.60. The average Bonchev–Trinajstić information content (AvgIpc) is 3.18. The lowest BCUT2D eigenvalue weighted by Crippen LogP contribution is -2.26. The van der Waals surface area contributed by atoms with Crippen molar-refractivity contribution in [3.05, 3.63) is 111 Å². The Morgan fingerprint density at radius 1 is 0.824 bits per heavy atom. The molecule has 0 radical (unpaired) electrons. The van der Waals surface area contributed by atoms with Gasteiger partial charge in [0.15, 0.2) is 0 Å². The van der Waals surface area contributed by atoms with Crippen LogP contribution in [0.15, 0.2) is 83.7 Å². The summed E-state index contributed by atoms with van der Waals surface area (Å²) >= 11 is 0. The van der Waals surface area contributed by atoms with Crippen LogP contribution < -0.4 is 10.9 Å². The van der Waals surface area contributed by atoms with Gasteiger partial charge in [0, 0.05) is 16.7 Å². The molecular weight excluding hydrogens is 426 g/mol. The highest BCUT2D eigenvalue weighted by Gasteiger charge is 2.17. The lowest BCUT2D eigenvalue weighted by atomic mass is 10.1. The number of fused-ring (bicyclic) bond motifs is 10. The number of nitrogens with one attached hydrogen (secondary N) is 1. The molecule has 0 aliphatic carbocycles. The van der Waals surface area contributed by atoms with E-state index in [9.17, 15) is 9.59 Å². The van der Waals surface area contributed by atoms with Crippen molar-refractivity contribution < 1.29 is 4.79 Å². The zero-order valence-electron chi connectivity index (χ0n) is 18.5. The summed E-state index contributed by atoms with van der Waals surface area (Å²) in [5.41, 5.74) is 6.22. The van der Waals surface area contributed by atoms with Gasteiger partial charge in [-0.3, -0.25) is 14.9 Å². The third-order valence-electron chi connectivity index (χ3n) is 6.12. The summed E-state index contributed by atoms with van der Waals surface area (Å²) in [6.45, 7) is 2.59. The topological polar surface area (TPSA) is 81.8 Å². The molecule has 3 heterocycles. The second-order valence-corrected chi connectivity index (χ2v) is 8.54. The smallest absolute Gasteiger partial charge is 0.270 e. The molecule has 5 aromatic rings. The van der Waals surface area contributed by atoms with E-state index in [1.54, 1.807) is 19.1 Å². The number of hydrogen-bond donors (Lipinski definition) is 1. The minimum atomic E-state index is -0.257. The number of anilines is 1. The fraction of sp³-hybridized carbons (Fsp3) is 0.111. The minimum Gasteiger partial charge on any atom is -0.305 e. The minimum absolute atomic E-state index is 0.148. The fourth-order valence-corrected chi connectivity index (χ4v) is 4.42. The van der Waals surface area contributed by atoms with Crippen LogP contribution in [0.5, 0.6) is 0 Å². The summed E-state index contributed by atoms with van der Waals surface area (Å²) in [5, 5.41) is 7.65. The summed E-state index contributed by atoms with van der Waals surface area (Å²) in [6, 6.07) is 25.0. The predicted molar refractivity (Wildman–Crippen MR) is 131 cm³/mol. The lowest BCUT2D eigenvalue weighted by molar-refractivity contribution is 0.102. The van der Waals surface area contributed by atoms with E-state index in [0.717, 1.165) is 33.4 Å². The predicted octanol–water partition coefficient (Wildman–Crippen LogP) is 4.23. The van der Waals surface area contributed by atoms with Crippen molar-refractivity contribution in [2.75, 3.05) is 5.32 Å². The van der Waals surface area contributed by atoms with Crippen molar-refractivity contribution in [3.8, 4) is 11.3 Å². The summed E-state index contributed by atoms with van der Waals surface area (Å²) in [4.78, 5) is 30.7. The van der Waals surface area contributed by atoms with Crippen LogP contribution in [0.25, 0.3) is 22.3 Å². The normalized spacial score (nSPS) is 13.0. The molecule has 2 aromatic heterocycles. The number of rotatable bonds is 0. The van der Waals surface area contributed by atoms with Gasteiger partial charge < -0.3 is 4.57 Å². The molecule has 34 heavy (non-hydrogen) atoms. The Kier molecular flexibility index (Phi) is 4.62. The van der Waals surface area contributed by atoms with Crippen LogP contribution in [0.1, 0.15) is 27.0 Å². The molecule has 0 unspecified atom stereocenters. The zero-order chi connectivity index (χ0) is 23.2. The Morgan fingerprint density at radius 3 is 2.41 bits per heavy atom. The lowest BCUT2D eigenvalue weighted by Gasteiger charge is -2.12. The fourth-order valence-electron chi connectivity index (χ4n) is 4.42. The van der Waals surface area contributed by atoms with Crippen molar-refractivity contribution in [2.45, 2.75) is 20.0 Å². The molecule has 0 fully saturated rings. The molecule has 3 aromatic carbocycles. The van der Waals surface area contributed by atoms with Crippen LogP contribution in [0.2, 0.25) is 0 Å². The second-order valence-electron chi connectivity index (χ2n) is 8.54. The van der Waals surface area contributed by atoms with E-state index in [1.807, 2.05) is 65.2 Å². The van der Waals surface area contributed by atoms with E-state index >= 15 is 0 Å². The molecule has 0 saturated carbocycles. The molecule has 1 aliphatic heterocycles. The first-order valence-electron chi connectivity index (χ1n) is 11.1. The third kappa shape index (κ3) is 3.47. The van der Waals surface area contributed by atoms with Gasteiger partial charge in [0.25, 0.3) is 11.5 Å². The molecule has 0 saturated heterocycles. The number of imidazole rings is 1. The highest BCUT2D eigenvalue weighted by Crippen LogP contribution is 2.25. The Bertz CT molecular complexity index is 1650. The Hall–Kier alpha value is -4.52. The van der Waals surface area contributed by atoms with E-state index in [0.29, 0.717) is 23.6 Å². The monoisotopic (exact) mass is 447 g/mol. The summed E-state index contributed by atoms with van der Waals surface area (Å²) in [6.07, 6.45) is 0. The quantitative estimate of drug-likeness (QED) is 0.385. The molecule has 7 nitrogen and oxygen atoms in total. The number of nitrogens with zero attached hydrogens (tertiary/aromatic N) is 4. The van der Waals surface area contributed by atoms with E-state index in [-0.39, 0.29) is 18.0 Å². The molecule has 6 bridgehead atoms. The Labute approximate surface area is 195 Å². The maximum Gasteiger partial charge on any atom is 0.270 e. The van der Waals surface area contributed by atoms with Gasteiger partial charge in [0.1, 0.15) is 0 Å². The maximum atomic E-state index is 13.2. The number of carbonyl (C=O) groups is 1.